The number of aliphatic carboxylic acids is 1. The van der Waals surface area contributed by atoms with Gasteiger partial charge in [-0.2, -0.15) is 0 Å². The summed E-state index contributed by atoms with van der Waals surface area (Å²) in [6, 6.07) is 6.52. The van der Waals surface area contributed by atoms with Crippen molar-refractivity contribution in [2.75, 3.05) is 0 Å². The summed E-state index contributed by atoms with van der Waals surface area (Å²) in [6.45, 7) is 1.68. The van der Waals surface area contributed by atoms with Crippen molar-refractivity contribution in [2.24, 2.45) is 0 Å². The summed E-state index contributed by atoms with van der Waals surface area (Å²) in [4.78, 5) is 20.7. The van der Waals surface area contributed by atoms with Crippen LogP contribution in [0.25, 0.3) is 0 Å². The number of carbonyl (C=O) groups is 2. The van der Waals surface area contributed by atoms with E-state index in [0.29, 0.717) is 11.3 Å². The van der Waals surface area contributed by atoms with E-state index in [2.05, 4.69) is 0 Å². The fourth-order valence-corrected chi connectivity index (χ4v) is 1.14. The molecule has 1 atom stereocenters. The van der Waals surface area contributed by atoms with Gasteiger partial charge in [0.25, 0.3) is 0 Å². The highest BCUT2D eigenvalue weighted by molar-refractivity contribution is 5.74. The fourth-order valence-electron chi connectivity index (χ4n) is 1.14. The second-order valence-corrected chi connectivity index (χ2v) is 3.21. The van der Waals surface area contributed by atoms with Gasteiger partial charge < -0.3 is 9.84 Å². The second-order valence-electron chi connectivity index (χ2n) is 3.21. The summed E-state index contributed by atoms with van der Waals surface area (Å²) in [6.07, 6.45) is 0.310. The Morgan fingerprint density at radius 3 is 2.53 bits per heavy atom. The van der Waals surface area contributed by atoms with Crippen molar-refractivity contribution in [1.82, 2.24) is 0 Å². The van der Waals surface area contributed by atoms with Gasteiger partial charge in [0.2, 0.25) is 0 Å². The van der Waals surface area contributed by atoms with Crippen LogP contribution in [0, 0.1) is 0 Å². The van der Waals surface area contributed by atoms with Crippen molar-refractivity contribution < 1.29 is 19.4 Å². The van der Waals surface area contributed by atoms with Crippen LogP contribution in [0.4, 0.5) is 0 Å². The largest absolute Gasteiger partial charge is 0.490 e. The summed E-state index contributed by atoms with van der Waals surface area (Å²) < 4.78 is 5.33. The van der Waals surface area contributed by atoms with Crippen LogP contribution in [0.1, 0.15) is 23.7 Å². The van der Waals surface area contributed by atoms with E-state index in [-0.39, 0.29) is 12.5 Å². The summed E-state index contributed by atoms with van der Waals surface area (Å²) in [5.74, 6) is -0.332. The van der Waals surface area contributed by atoms with E-state index in [1.165, 1.54) is 0 Å². The molecule has 0 bridgehead atoms. The minimum atomic E-state index is -0.896. The number of hydrogen-bond acceptors (Lipinski definition) is 3. The highest BCUT2D eigenvalue weighted by Gasteiger charge is 2.08. The first-order chi connectivity index (χ1) is 7.11. The molecule has 0 radical (unpaired) electrons. The summed E-state index contributed by atoms with van der Waals surface area (Å²) in [5, 5.41) is 8.52. The van der Waals surface area contributed by atoms with Crippen molar-refractivity contribution in [3.8, 4) is 5.75 Å². The van der Waals surface area contributed by atoms with Crippen LogP contribution >= 0.6 is 0 Å². The Bertz CT molecular complexity index is 342. The van der Waals surface area contributed by atoms with Gasteiger partial charge in [-0.05, 0) is 31.2 Å². The van der Waals surface area contributed by atoms with Gasteiger partial charge in [0.15, 0.2) is 0 Å². The van der Waals surface area contributed by atoms with Crippen LogP contribution in [0.2, 0.25) is 0 Å². The predicted octanol–water partition coefficient (Wildman–Crippen LogP) is 1.74. The molecule has 80 valence electrons. The van der Waals surface area contributed by atoms with E-state index in [4.69, 9.17) is 9.84 Å². The summed E-state index contributed by atoms with van der Waals surface area (Å²) in [7, 11) is 0. The van der Waals surface area contributed by atoms with E-state index < -0.39 is 5.97 Å². The molecule has 1 aromatic carbocycles. The molecule has 4 heteroatoms. The smallest absolute Gasteiger partial charge is 0.307 e. The molecule has 0 heterocycles. The van der Waals surface area contributed by atoms with Gasteiger partial charge in [0.05, 0.1) is 6.42 Å². The molecule has 0 spiro atoms. The van der Waals surface area contributed by atoms with E-state index in [1.54, 1.807) is 31.2 Å². The normalized spacial score (nSPS) is 11.8. The standard InChI is InChI=1S/C11H12O4/c1-8(6-11(13)14)15-10-4-2-9(7-12)3-5-10/h2-5,7-8H,6H2,1H3,(H,13,14)/t8-/m1/s1. The van der Waals surface area contributed by atoms with Crippen molar-refractivity contribution >= 4 is 12.3 Å². The number of carboxylic acid groups (broad SMARTS) is 1. The molecule has 0 aliphatic rings. The second kappa shape index (κ2) is 5.14. The predicted molar refractivity (Wildman–Crippen MR) is 54.2 cm³/mol. The van der Waals surface area contributed by atoms with Crippen LogP contribution < -0.4 is 4.74 Å². The Morgan fingerprint density at radius 1 is 1.47 bits per heavy atom. The average Bonchev–Trinajstić information content (AvgIpc) is 2.17. The molecule has 0 aliphatic heterocycles. The van der Waals surface area contributed by atoms with Crippen molar-refractivity contribution in [3.63, 3.8) is 0 Å². The topological polar surface area (TPSA) is 63.6 Å². The number of carbonyl (C=O) groups excluding carboxylic acids is 1. The Hall–Kier alpha value is -1.84. The van der Waals surface area contributed by atoms with Crippen LogP contribution in [0.15, 0.2) is 24.3 Å². The Morgan fingerprint density at radius 2 is 2.07 bits per heavy atom. The minimum absolute atomic E-state index is 0.0462. The summed E-state index contributed by atoms with van der Waals surface area (Å²) in [5.41, 5.74) is 0.563. The molecule has 0 aliphatic carbocycles. The molecule has 1 rings (SSSR count). The Kier molecular flexibility index (Phi) is 3.85. The third-order valence-corrected chi connectivity index (χ3v) is 1.82. The zero-order valence-corrected chi connectivity index (χ0v) is 8.34. The first kappa shape index (κ1) is 11.2. The van der Waals surface area contributed by atoms with Gasteiger partial charge in [-0.25, -0.2) is 0 Å². The molecule has 0 saturated carbocycles. The molecule has 0 fully saturated rings. The quantitative estimate of drug-likeness (QED) is 0.748. The zero-order chi connectivity index (χ0) is 11.3. The van der Waals surface area contributed by atoms with Gasteiger partial charge in [-0.15, -0.1) is 0 Å². The number of rotatable bonds is 5. The van der Waals surface area contributed by atoms with Crippen molar-refractivity contribution in [1.29, 1.82) is 0 Å². The molecule has 0 aromatic heterocycles. The molecular weight excluding hydrogens is 196 g/mol. The lowest BCUT2D eigenvalue weighted by Crippen LogP contribution is -2.16. The molecule has 1 aromatic rings. The lowest BCUT2D eigenvalue weighted by Gasteiger charge is -2.12. The van der Waals surface area contributed by atoms with Gasteiger partial charge in [0.1, 0.15) is 18.1 Å². The molecule has 0 saturated heterocycles. The number of ether oxygens (including phenoxy) is 1. The SMILES string of the molecule is C[C@H](CC(=O)O)Oc1ccc(C=O)cc1. The monoisotopic (exact) mass is 208 g/mol. The summed E-state index contributed by atoms with van der Waals surface area (Å²) >= 11 is 0. The molecule has 0 amide bonds. The minimum Gasteiger partial charge on any atom is -0.490 e. The fraction of sp³-hybridized carbons (Fsp3) is 0.273. The van der Waals surface area contributed by atoms with Crippen molar-refractivity contribution in [3.05, 3.63) is 29.8 Å². The molecule has 15 heavy (non-hydrogen) atoms. The zero-order valence-electron chi connectivity index (χ0n) is 8.34. The van der Waals surface area contributed by atoms with E-state index in [9.17, 15) is 9.59 Å². The number of carboxylic acids is 1. The van der Waals surface area contributed by atoms with Gasteiger partial charge in [0, 0.05) is 5.56 Å². The van der Waals surface area contributed by atoms with Gasteiger partial charge >= 0.3 is 5.97 Å². The first-order valence-corrected chi connectivity index (χ1v) is 4.55. The molecule has 0 unspecified atom stereocenters. The van der Waals surface area contributed by atoms with Gasteiger partial charge in [-0.3, -0.25) is 9.59 Å². The first-order valence-electron chi connectivity index (χ1n) is 4.55. The maximum absolute atomic E-state index is 10.4. The molecule has 4 nitrogen and oxygen atoms in total. The van der Waals surface area contributed by atoms with Crippen LogP contribution in [-0.2, 0) is 4.79 Å². The number of aldehydes is 1. The van der Waals surface area contributed by atoms with Crippen molar-refractivity contribution in [2.45, 2.75) is 19.4 Å². The molecular formula is C11H12O4. The van der Waals surface area contributed by atoms with Crippen LogP contribution in [0.5, 0.6) is 5.75 Å². The van der Waals surface area contributed by atoms with E-state index in [0.717, 1.165) is 6.29 Å². The third kappa shape index (κ3) is 3.81. The van der Waals surface area contributed by atoms with E-state index >= 15 is 0 Å². The van der Waals surface area contributed by atoms with Gasteiger partial charge in [-0.1, -0.05) is 0 Å². The number of hydrogen-bond donors (Lipinski definition) is 1. The lowest BCUT2D eigenvalue weighted by molar-refractivity contribution is -0.138. The highest BCUT2D eigenvalue weighted by atomic mass is 16.5. The highest BCUT2D eigenvalue weighted by Crippen LogP contribution is 2.13. The Balaban J connectivity index is 2.56. The average molecular weight is 208 g/mol. The maximum Gasteiger partial charge on any atom is 0.307 e. The van der Waals surface area contributed by atoms with E-state index in [1.807, 2.05) is 0 Å². The molecule has 1 N–H and O–H groups in total. The maximum atomic E-state index is 10.4. The third-order valence-electron chi connectivity index (χ3n) is 1.82. The van der Waals surface area contributed by atoms with Crippen LogP contribution in [0.3, 0.4) is 0 Å². The lowest BCUT2D eigenvalue weighted by atomic mass is 10.2. The van der Waals surface area contributed by atoms with Crippen LogP contribution in [-0.4, -0.2) is 23.5 Å². The Labute approximate surface area is 87.5 Å². The number of benzene rings is 1.